The predicted molar refractivity (Wildman–Crippen MR) is 67.8 cm³/mol. The number of fused-ring (bicyclic) bond motifs is 2. The zero-order chi connectivity index (χ0) is 13.6. The molecule has 0 saturated carbocycles. The molecule has 5 heteroatoms. The van der Waals surface area contributed by atoms with E-state index in [2.05, 4.69) is 10.3 Å². The first kappa shape index (κ1) is 12.3. The summed E-state index contributed by atoms with van der Waals surface area (Å²) in [5.74, 6) is -3.79. The summed E-state index contributed by atoms with van der Waals surface area (Å²) in [4.78, 5) is 4.27. The number of nitrogens with one attached hydrogen (secondary N) is 1. The van der Waals surface area contributed by atoms with E-state index in [0.29, 0.717) is 12.2 Å². The van der Waals surface area contributed by atoms with Crippen molar-refractivity contribution in [3.05, 3.63) is 34.8 Å². The van der Waals surface area contributed by atoms with Gasteiger partial charge in [-0.05, 0) is 31.7 Å². The molecule has 1 N–H and O–H groups in total. The Morgan fingerprint density at radius 3 is 2.74 bits per heavy atom. The van der Waals surface area contributed by atoms with Crippen LogP contribution in [0.2, 0.25) is 0 Å². The lowest BCUT2D eigenvalue weighted by atomic mass is 10.1. The Morgan fingerprint density at radius 1 is 1.21 bits per heavy atom. The van der Waals surface area contributed by atoms with Crippen LogP contribution in [-0.4, -0.2) is 11.5 Å². The second-order valence-electron chi connectivity index (χ2n) is 4.68. The standard InChI is InChI=1S/C14H13F3N2/c1-2-18-14-7-4-3-5-9(7)19-10-6-8(15)12(16)13(17)11(10)14/h6H,2-5H2,1H3,(H,18,19). The van der Waals surface area contributed by atoms with Gasteiger partial charge in [0.2, 0.25) is 0 Å². The van der Waals surface area contributed by atoms with Crippen LogP contribution in [0.25, 0.3) is 10.9 Å². The van der Waals surface area contributed by atoms with Crippen LogP contribution in [0.5, 0.6) is 0 Å². The molecule has 0 fully saturated rings. The summed E-state index contributed by atoms with van der Waals surface area (Å²) >= 11 is 0. The Bertz CT molecular complexity index is 668. The van der Waals surface area contributed by atoms with Crippen molar-refractivity contribution >= 4 is 16.6 Å². The highest BCUT2D eigenvalue weighted by Crippen LogP contribution is 2.36. The van der Waals surface area contributed by atoms with E-state index in [4.69, 9.17) is 0 Å². The summed E-state index contributed by atoms with van der Waals surface area (Å²) in [6.45, 7) is 2.47. The number of aromatic nitrogens is 1. The fourth-order valence-corrected chi connectivity index (χ4v) is 2.70. The van der Waals surface area contributed by atoms with Crippen molar-refractivity contribution < 1.29 is 13.2 Å². The highest BCUT2D eigenvalue weighted by Gasteiger charge is 2.24. The number of rotatable bonds is 2. The molecule has 1 aliphatic rings. The number of halogens is 3. The Kier molecular flexibility index (Phi) is 2.84. The minimum Gasteiger partial charge on any atom is -0.384 e. The molecule has 0 bridgehead atoms. The molecule has 0 spiro atoms. The second-order valence-corrected chi connectivity index (χ2v) is 4.68. The van der Waals surface area contributed by atoms with Gasteiger partial charge < -0.3 is 5.32 Å². The largest absolute Gasteiger partial charge is 0.384 e. The summed E-state index contributed by atoms with van der Waals surface area (Å²) in [7, 11) is 0. The highest BCUT2D eigenvalue weighted by molar-refractivity contribution is 5.94. The van der Waals surface area contributed by atoms with Crippen LogP contribution in [0.4, 0.5) is 18.9 Å². The van der Waals surface area contributed by atoms with Gasteiger partial charge in [-0.1, -0.05) is 0 Å². The lowest BCUT2D eigenvalue weighted by Gasteiger charge is -2.14. The topological polar surface area (TPSA) is 24.9 Å². The van der Waals surface area contributed by atoms with Gasteiger partial charge in [0.1, 0.15) is 0 Å². The van der Waals surface area contributed by atoms with E-state index in [1.165, 1.54) is 0 Å². The Labute approximate surface area is 108 Å². The summed E-state index contributed by atoms with van der Waals surface area (Å²) in [5, 5.41) is 3.13. The summed E-state index contributed by atoms with van der Waals surface area (Å²) in [6, 6.07) is 0.965. The zero-order valence-electron chi connectivity index (χ0n) is 10.5. The number of nitrogens with zero attached hydrogens (tertiary/aromatic N) is 1. The fourth-order valence-electron chi connectivity index (χ4n) is 2.70. The van der Waals surface area contributed by atoms with Gasteiger partial charge in [-0.25, -0.2) is 13.2 Å². The van der Waals surface area contributed by atoms with E-state index in [1.54, 1.807) is 0 Å². The molecule has 2 aromatic rings. The first-order valence-corrected chi connectivity index (χ1v) is 6.36. The second kappa shape index (κ2) is 4.40. The van der Waals surface area contributed by atoms with Gasteiger partial charge in [0.05, 0.1) is 16.6 Å². The van der Waals surface area contributed by atoms with Gasteiger partial charge in [-0.2, -0.15) is 0 Å². The van der Waals surface area contributed by atoms with Gasteiger partial charge in [-0.3, -0.25) is 4.98 Å². The minimum atomic E-state index is -1.44. The van der Waals surface area contributed by atoms with Gasteiger partial charge >= 0.3 is 0 Å². The molecule has 19 heavy (non-hydrogen) atoms. The maximum Gasteiger partial charge on any atom is 0.195 e. The van der Waals surface area contributed by atoms with Crippen molar-refractivity contribution in [3.63, 3.8) is 0 Å². The molecule has 0 amide bonds. The van der Waals surface area contributed by atoms with Gasteiger partial charge in [0, 0.05) is 18.3 Å². The first-order valence-electron chi connectivity index (χ1n) is 6.36. The maximum absolute atomic E-state index is 14.0. The maximum atomic E-state index is 14.0. The molecule has 0 radical (unpaired) electrons. The third-order valence-corrected chi connectivity index (χ3v) is 3.49. The number of pyridine rings is 1. The van der Waals surface area contributed by atoms with Gasteiger partial charge in [0.25, 0.3) is 0 Å². The Hall–Kier alpha value is -1.78. The van der Waals surface area contributed by atoms with E-state index >= 15 is 0 Å². The van der Waals surface area contributed by atoms with Gasteiger partial charge in [-0.15, -0.1) is 0 Å². The summed E-state index contributed by atoms with van der Waals surface area (Å²) in [5.41, 5.74) is 2.53. The smallest absolute Gasteiger partial charge is 0.195 e. The average molecular weight is 266 g/mol. The molecular formula is C14H13F3N2. The Morgan fingerprint density at radius 2 is 2.00 bits per heavy atom. The van der Waals surface area contributed by atoms with E-state index in [1.807, 2.05) is 6.92 Å². The van der Waals surface area contributed by atoms with Crippen molar-refractivity contribution in [2.45, 2.75) is 26.2 Å². The number of aryl methyl sites for hydroxylation is 1. The van der Waals surface area contributed by atoms with Gasteiger partial charge in [0.15, 0.2) is 17.5 Å². The molecular weight excluding hydrogens is 253 g/mol. The van der Waals surface area contributed by atoms with Crippen molar-refractivity contribution in [2.75, 3.05) is 11.9 Å². The van der Waals surface area contributed by atoms with Crippen LogP contribution in [0, 0.1) is 17.5 Å². The third-order valence-electron chi connectivity index (χ3n) is 3.49. The molecule has 0 aliphatic heterocycles. The predicted octanol–water partition coefficient (Wildman–Crippen LogP) is 3.57. The van der Waals surface area contributed by atoms with Crippen LogP contribution in [-0.2, 0) is 12.8 Å². The molecule has 0 atom stereocenters. The molecule has 1 heterocycles. The number of benzene rings is 1. The minimum absolute atomic E-state index is 0.0569. The van der Waals surface area contributed by atoms with Crippen molar-refractivity contribution in [1.29, 1.82) is 0 Å². The molecule has 1 aromatic carbocycles. The number of hydrogen-bond acceptors (Lipinski definition) is 2. The van der Waals surface area contributed by atoms with Crippen LogP contribution >= 0.6 is 0 Å². The normalized spacial score (nSPS) is 13.9. The molecule has 1 aliphatic carbocycles. The van der Waals surface area contributed by atoms with Crippen molar-refractivity contribution in [2.24, 2.45) is 0 Å². The summed E-state index contributed by atoms with van der Waals surface area (Å²) in [6.07, 6.45) is 2.52. The Balaban J connectivity index is 2.42. The van der Waals surface area contributed by atoms with Crippen LogP contribution < -0.4 is 5.32 Å². The quantitative estimate of drug-likeness (QED) is 0.840. The number of anilines is 1. The average Bonchev–Trinajstić information content (AvgIpc) is 2.84. The molecule has 1 aromatic heterocycles. The highest BCUT2D eigenvalue weighted by atomic mass is 19.2. The third kappa shape index (κ3) is 1.76. The summed E-state index contributed by atoms with van der Waals surface area (Å²) < 4.78 is 40.7. The first-order chi connectivity index (χ1) is 9.13. The molecule has 0 unspecified atom stereocenters. The van der Waals surface area contributed by atoms with E-state index < -0.39 is 17.5 Å². The molecule has 100 valence electrons. The fraction of sp³-hybridized carbons (Fsp3) is 0.357. The van der Waals surface area contributed by atoms with E-state index in [-0.39, 0.29) is 10.9 Å². The lowest BCUT2D eigenvalue weighted by Crippen LogP contribution is -2.06. The molecule has 0 saturated heterocycles. The van der Waals surface area contributed by atoms with Crippen LogP contribution in [0.3, 0.4) is 0 Å². The van der Waals surface area contributed by atoms with Crippen LogP contribution in [0.15, 0.2) is 6.07 Å². The van der Waals surface area contributed by atoms with Crippen LogP contribution in [0.1, 0.15) is 24.6 Å². The van der Waals surface area contributed by atoms with Crippen molar-refractivity contribution in [3.8, 4) is 0 Å². The monoisotopic (exact) mass is 266 g/mol. The van der Waals surface area contributed by atoms with E-state index in [9.17, 15) is 13.2 Å². The molecule has 3 rings (SSSR count). The van der Waals surface area contributed by atoms with E-state index in [0.717, 1.165) is 36.6 Å². The van der Waals surface area contributed by atoms with Crippen molar-refractivity contribution in [1.82, 2.24) is 4.98 Å². The zero-order valence-corrected chi connectivity index (χ0v) is 10.5. The number of hydrogen-bond donors (Lipinski definition) is 1. The lowest BCUT2D eigenvalue weighted by molar-refractivity contribution is 0.453. The SMILES string of the molecule is CCNc1c2c(nc3cc(F)c(F)c(F)c13)CCC2. The molecule has 2 nitrogen and oxygen atoms in total.